The van der Waals surface area contributed by atoms with Crippen LogP contribution in [0.15, 0.2) is 36.4 Å². The number of halogens is 3. The van der Waals surface area contributed by atoms with E-state index in [1.807, 2.05) is 11.8 Å². The molecule has 212 valence electrons. The monoisotopic (exact) mass is 544 g/mol. The fourth-order valence-electron chi connectivity index (χ4n) is 6.00. The molecule has 2 fully saturated rings. The molecule has 0 saturated carbocycles. The zero-order valence-corrected chi connectivity index (χ0v) is 23.4. The molecule has 0 radical (unpaired) electrons. The summed E-state index contributed by atoms with van der Waals surface area (Å²) < 4.78 is 42.6. The van der Waals surface area contributed by atoms with E-state index in [-0.39, 0.29) is 41.2 Å². The second kappa shape index (κ2) is 11.6. The van der Waals surface area contributed by atoms with Gasteiger partial charge in [-0.05, 0) is 81.3 Å². The smallest absolute Gasteiger partial charge is 0.315 e. The molecule has 6 nitrogen and oxygen atoms in total. The third-order valence-electron chi connectivity index (χ3n) is 8.28. The van der Waals surface area contributed by atoms with Crippen molar-refractivity contribution in [2.75, 3.05) is 33.2 Å². The van der Waals surface area contributed by atoms with Gasteiger partial charge in [0.05, 0.1) is 12.0 Å². The normalized spacial score (nSPS) is 21.6. The Hall–Kier alpha value is -3.07. The summed E-state index contributed by atoms with van der Waals surface area (Å²) in [4.78, 5) is 29.8. The summed E-state index contributed by atoms with van der Waals surface area (Å²) in [6.45, 7) is 10.1. The third kappa shape index (κ3) is 6.40. The average molecular weight is 545 g/mol. The number of hydrogen-bond acceptors (Lipinski definition) is 3. The fourth-order valence-corrected chi connectivity index (χ4v) is 6.00. The number of nitrogens with one attached hydrogen (secondary N) is 2. The van der Waals surface area contributed by atoms with Crippen LogP contribution in [0.5, 0.6) is 0 Å². The van der Waals surface area contributed by atoms with Crippen molar-refractivity contribution in [3.63, 3.8) is 0 Å². The van der Waals surface area contributed by atoms with Crippen LogP contribution in [0.2, 0.25) is 0 Å². The van der Waals surface area contributed by atoms with Crippen molar-refractivity contribution in [2.24, 2.45) is 5.92 Å². The number of piperidine rings is 1. The third-order valence-corrected chi connectivity index (χ3v) is 8.28. The number of likely N-dealkylation sites (tertiary alicyclic amines) is 2. The van der Waals surface area contributed by atoms with Gasteiger partial charge < -0.3 is 15.5 Å². The minimum atomic E-state index is -0.633. The van der Waals surface area contributed by atoms with Gasteiger partial charge in [0.15, 0.2) is 0 Å². The second-order valence-electron chi connectivity index (χ2n) is 11.8. The van der Waals surface area contributed by atoms with E-state index in [0.717, 1.165) is 17.2 Å². The summed E-state index contributed by atoms with van der Waals surface area (Å²) in [6, 6.07) is 7.57. The lowest BCUT2D eigenvalue weighted by molar-refractivity contribution is -0.136. The van der Waals surface area contributed by atoms with E-state index in [1.165, 1.54) is 31.3 Å². The molecule has 0 spiro atoms. The topological polar surface area (TPSA) is 64.7 Å². The number of urea groups is 1. The molecule has 3 amide bonds. The van der Waals surface area contributed by atoms with Gasteiger partial charge in [-0.1, -0.05) is 12.1 Å². The second-order valence-corrected chi connectivity index (χ2v) is 11.8. The van der Waals surface area contributed by atoms with Crippen LogP contribution < -0.4 is 10.6 Å². The number of amides is 3. The minimum Gasteiger partial charge on any atom is -0.342 e. The van der Waals surface area contributed by atoms with Crippen molar-refractivity contribution in [1.29, 1.82) is 0 Å². The molecule has 2 saturated heterocycles. The van der Waals surface area contributed by atoms with Crippen molar-refractivity contribution in [3.8, 4) is 0 Å². The predicted octanol–water partition coefficient (Wildman–Crippen LogP) is 5.31. The van der Waals surface area contributed by atoms with Crippen LogP contribution in [0, 0.1) is 23.4 Å². The summed E-state index contributed by atoms with van der Waals surface area (Å²) in [7, 11) is 1.53. The quantitative estimate of drug-likeness (QED) is 0.536. The van der Waals surface area contributed by atoms with Crippen LogP contribution in [0.25, 0.3) is 0 Å². The Bertz CT molecular complexity index is 1210. The molecule has 2 aromatic rings. The average Bonchev–Trinajstić information content (AvgIpc) is 3.34. The van der Waals surface area contributed by atoms with Crippen LogP contribution in [0.4, 0.5) is 18.0 Å². The maximum absolute atomic E-state index is 14.8. The van der Waals surface area contributed by atoms with Crippen molar-refractivity contribution in [2.45, 2.75) is 64.0 Å². The molecular formula is C30H39F3N4O2. The molecular weight excluding hydrogens is 505 g/mol. The maximum Gasteiger partial charge on any atom is 0.315 e. The van der Waals surface area contributed by atoms with Gasteiger partial charge in [-0.2, -0.15) is 0 Å². The van der Waals surface area contributed by atoms with Gasteiger partial charge in [0.2, 0.25) is 5.91 Å². The number of carbonyl (C=O) groups is 2. The molecule has 3 unspecified atom stereocenters. The molecule has 2 heterocycles. The Morgan fingerprint density at radius 3 is 2.15 bits per heavy atom. The largest absolute Gasteiger partial charge is 0.342 e. The van der Waals surface area contributed by atoms with Gasteiger partial charge >= 0.3 is 6.03 Å². The lowest BCUT2D eigenvalue weighted by Crippen LogP contribution is -2.44. The van der Waals surface area contributed by atoms with E-state index < -0.39 is 17.6 Å². The molecule has 0 bridgehead atoms. The first-order valence-corrected chi connectivity index (χ1v) is 13.7. The molecule has 3 atom stereocenters. The van der Waals surface area contributed by atoms with Crippen molar-refractivity contribution in [3.05, 3.63) is 70.5 Å². The van der Waals surface area contributed by atoms with Gasteiger partial charge in [-0.15, -0.1) is 0 Å². The number of carbonyl (C=O) groups excluding carboxylic acids is 2. The van der Waals surface area contributed by atoms with E-state index in [4.69, 9.17) is 0 Å². The van der Waals surface area contributed by atoms with Crippen molar-refractivity contribution in [1.82, 2.24) is 20.4 Å². The zero-order valence-electron chi connectivity index (χ0n) is 23.4. The molecule has 2 aliphatic heterocycles. The highest BCUT2D eigenvalue weighted by atomic mass is 19.1. The first-order valence-electron chi connectivity index (χ1n) is 13.7. The molecule has 2 aliphatic rings. The molecule has 0 aliphatic carbocycles. The van der Waals surface area contributed by atoms with Crippen LogP contribution in [0.3, 0.4) is 0 Å². The molecule has 9 heteroatoms. The highest BCUT2D eigenvalue weighted by molar-refractivity contribution is 5.81. The van der Waals surface area contributed by atoms with E-state index >= 15 is 0 Å². The maximum atomic E-state index is 14.8. The Kier molecular flexibility index (Phi) is 8.59. The van der Waals surface area contributed by atoms with Gasteiger partial charge in [-0.3, -0.25) is 9.69 Å². The van der Waals surface area contributed by atoms with Crippen LogP contribution in [-0.2, 0) is 4.79 Å². The Balaban J connectivity index is 1.51. The SMILES string of the molecule is CNC(=O)NC(C)c1cc(F)ccc1C1CCN(C(=O)C2CN(C(C)(C)C)CC2c2ccc(F)cc2F)CC1. The number of benzene rings is 2. The molecule has 2 N–H and O–H groups in total. The summed E-state index contributed by atoms with van der Waals surface area (Å²) in [5, 5.41) is 5.35. The molecule has 0 aromatic heterocycles. The van der Waals surface area contributed by atoms with E-state index in [0.29, 0.717) is 44.6 Å². The number of hydrogen-bond donors (Lipinski definition) is 2. The van der Waals surface area contributed by atoms with Crippen LogP contribution in [-0.4, -0.2) is 60.5 Å². The lowest BCUT2D eigenvalue weighted by Gasteiger charge is -2.36. The van der Waals surface area contributed by atoms with Gasteiger partial charge in [0, 0.05) is 50.7 Å². The van der Waals surface area contributed by atoms with Crippen LogP contribution >= 0.6 is 0 Å². The highest BCUT2D eigenvalue weighted by Gasteiger charge is 2.44. The molecule has 39 heavy (non-hydrogen) atoms. The summed E-state index contributed by atoms with van der Waals surface area (Å²) in [5.41, 5.74) is 1.88. The summed E-state index contributed by atoms with van der Waals surface area (Å²) in [5.74, 6) is -2.31. The molecule has 2 aromatic carbocycles. The predicted molar refractivity (Wildman–Crippen MR) is 145 cm³/mol. The Labute approximate surface area is 228 Å². The number of rotatable bonds is 5. The summed E-state index contributed by atoms with van der Waals surface area (Å²) in [6.07, 6.45) is 1.39. The standard InChI is InChI=1S/C30H39F3N4O2/c1-18(35-29(39)34-5)24-14-20(31)6-8-22(24)19-10-12-36(13-11-19)28(38)26-17-37(30(2,3)4)16-25(26)23-9-7-21(32)15-27(23)33/h6-9,14-15,18-19,25-26H,10-13,16-17H2,1-5H3,(H2,34,35,39). The van der Waals surface area contributed by atoms with E-state index in [2.05, 4.69) is 36.3 Å². The molecule has 4 rings (SSSR count). The van der Waals surface area contributed by atoms with Gasteiger partial charge in [0.1, 0.15) is 17.5 Å². The first kappa shape index (κ1) is 28.9. The first-order chi connectivity index (χ1) is 18.4. The number of nitrogens with zero attached hydrogens (tertiary/aromatic N) is 2. The van der Waals surface area contributed by atoms with E-state index in [9.17, 15) is 22.8 Å². The van der Waals surface area contributed by atoms with Gasteiger partial charge in [-0.25, -0.2) is 18.0 Å². The van der Waals surface area contributed by atoms with Crippen molar-refractivity contribution < 1.29 is 22.8 Å². The zero-order chi connectivity index (χ0) is 28.5. The fraction of sp³-hybridized carbons (Fsp3) is 0.533. The highest BCUT2D eigenvalue weighted by Crippen LogP contribution is 2.40. The van der Waals surface area contributed by atoms with Crippen LogP contribution in [0.1, 0.15) is 75.1 Å². The minimum absolute atomic E-state index is 0.0112. The van der Waals surface area contributed by atoms with Gasteiger partial charge in [0.25, 0.3) is 0 Å². The Morgan fingerprint density at radius 1 is 0.949 bits per heavy atom. The Morgan fingerprint density at radius 2 is 1.56 bits per heavy atom. The lowest BCUT2D eigenvalue weighted by atomic mass is 9.83. The van der Waals surface area contributed by atoms with Crippen molar-refractivity contribution >= 4 is 11.9 Å². The summed E-state index contributed by atoms with van der Waals surface area (Å²) >= 11 is 0. The van der Waals surface area contributed by atoms with E-state index in [1.54, 1.807) is 6.07 Å².